The fraction of sp³-hybridized carbons (Fsp3) is 0. The van der Waals surface area contributed by atoms with E-state index in [1.165, 1.54) is 66.1 Å². The third kappa shape index (κ3) is 5.85. The summed E-state index contributed by atoms with van der Waals surface area (Å²) in [6.07, 6.45) is 3.69. The van der Waals surface area contributed by atoms with Gasteiger partial charge in [0, 0.05) is 39.9 Å². The van der Waals surface area contributed by atoms with Crippen LogP contribution in [0.5, 0.6) is 0 Å². The molecule has 2 aliphatic carbocycles. The van der Waals surface area contributed by atoms with Gasteiger partial charge in [-0.2, -0.15) is 0 Å². The topological polar surface area (TPSA) is 64.5 Å². The summed E-state index contributed by atoms with van der Waals surface area (Å²) in [6, 6.07) is 77.1. The lowest BCUT2D eigenvalue weighted by atomic mass is 9.89. The van der Waals surface area contributed by atoms with Crippen molar-refractivity contribution in [3.05, 3.63) is 225 Å². The molecule has 0 saturated heterocycles. The Hall–Kier alpha value is -9.71. The highest BCUT2D eigenvalue weighted by Gasteiger charge is 2.26. The summed E-state index contributed by atoms with van der Waals surface area (Å²) in [5, 5.41) is 11.6. The first-order valence-corrected chi connectivity index (χ1v) is 24.4. The molecule has 14 aromatic rings. The number of pyridine rings is 2. The van der Waals surface area contributed by atoms with Crippen molar-refractivity contribution in [1.29, 1.82) is 0 Å². The van der Waals surface area contributed by atoms with Crippen molar-refractivity contribution in [2.45, 2.75) is 0 Å². The van der Waals surface area contributed by atoms with Crippen molar-refractivity contribution in [3.63, 3.8) is 0 Å². The first-order chi connectivity index (χ1) is 35.6. The van der Waals surface area contributed by atoms with Crippen molar-refractivity contribution in [1.82, 2.24) is 24.9 Å². The third-order valence-corrected chi connectivity index (χ3v) is 15.2. The summed E-state index contributed by atoms with van der Waals surface area (Å²) < 4.78 is 0. The van der Waals surface area contributed by atoms with E-state index < -0.39 is 0 Å². The highest BCUT2D eigenvalue weighted by Crippen LogP contribution is 2.52. The van der Waals surface area contributed by atoms with Crippen molar-refractivity contribution in [2.75, 3.05) is 0 Å². The smallest absolute Gasteiger partial charge is 0.164 e. The van der Waals surface area contributed by atoms with Gasteiger partial charge < -0.3 is 0 Å². The molecule has 0 atom stereocenters. The lowest BCUT2D eigenvalue weighted by molar-refractivity contribution is 1.08. The Balaban J connectivity index is 0.950. The number of rotatable bonds is 5. The van der Waals surface area contributed by atoms with Crippen LogP contribution in [0.25, 0.3) is 166 Å². The molecule has 3 aromatic heterocycles. The van der Waals surface area contributed by atoms with E-state index >= 15 is 0 Å². The quantitative estimate of drug-likeness (QED) is 0.161. The molecule has 0 bridgehead atoms. The summed E-state index contributed by atoms with van der Waals surface area (Å²) >= 11 is 0. The average Bonchev–Trinajstić information content (AvgIpc) is 3.95. The van der Waals surface area contributed by atoms with Gasteiger partial charge in [0.1, 0.15) is 0 Å². The minimum Gasteiger partial charge on any atom is -0.256 e. The molecule has 2 aliphatic rings. The van der Waals surface area contributed by atoms with Gasteiger partial charge in [0.25, 0.3) is 0 Å². The van der Waals surface area contributed by atoms with Crippen LogP contribution in [-0.2, 0) is 0 Å². The van der Waals surface area contributed by atoms with Gasteiger partial charge in [0.05, 0.1) is 11.0 Å². The van der Waals surface area contributed by atoms with Crippen molar-refractivity contribution < 1.29 is 0 Å². The van der Waals surface area contributed by atoms with Gasteiger partial charge in [-0.3, -0.25) is 9.97 Å². The van der Waals surface area contributed by atoms with Crippen LogP contribution >= 0.6 is 0 Å². The number of aromatic nitrogens is 5. The highest BCUT2D eigenvalue weighted by molar-refractivity contribution is 6.20. The van der Waals surface area contributed by atoms with Crippen LogP contribution in [0.2, 0.25) is 0 Å². The molecule has 0 unspecified atom stereocenters. The fourth-order valence-electron chi connectivity index (χ4n) is 11.9. The zero-order chi connectivity index (χ0) is 47.0. The van der Waals surface area contributed by atoms with Crippen LogP contribution in [0.1, 0.15) is 0 Å². The molecule has 330 valence electrons. The second-order valence-electron chi connectivity index (χ2n) is 19.2. The van der Waals surface area contributed by atoms with Crippen LogP contribution < -0.4 is 0 Å². The minimum absolute atomic E-state index is 0.598. The Morgan fingerprint density at radius 1 is 0.222 bits per heavy atom. The first-order valence-electron chi connectivity index (χ1n) is 24.4. The van der Waals surface area contributed by atoms with E-state index in [9.17, 15) is 0 Å². The van der Waals surface area contributed by atoms with Gasteiger partial charge in [-0.1, -0.05) is 146 Å². The average molecular weight is 912 g/mol. The van der Waals surface area contributed by atoms with E-state index in [2.05, 4.69) is 210 Å². The van der Waals surface area contributed by atoms with E-state index in [-0.39, 0.29) is 0 Å². The van der Waals surface area contributed by atoms with Crippen LogP contribution in [0.3, 0.4) is 0 Å². The SMILES string of the molecule is c1ccc2c(c1)-c1cccc3c(-c4cc(-c5nc(-c6ccc7cc8ncccc8cc7c6)nc(-c6ccc7cc8ncccc8cc7c6)n5)cc(-c5ccc6c7c(cccc57)-c5ccccc5-6)c4)ccc-2c13. The molecule has 5 heteroatoms. The number of benzene rings is 11. The highest BCUT2D eigenvalue weighted by atomic mass is 15.0. The second kappa shape index (κ2) is 14.9. The molecule has 72 heavy (non-hydrogen) atoms. The Morgan fingerprint density at radius 2 is 0.625 bits per heavy atom. The van der Waals surface area contributed by atoms with Crippen molar-refractivity contribution in [2.24, 2.45) is 0 Å². The zero-order valence-corrected chi connectivity index (χ0v) is 38.6. The monoisotopic (exact) mass is 911 g/mol. The molecule has 3 heterocycles. The summed E-state index contributed by atoms with van der Waals surface area (Å²) in [5.74, 6) is 1.80. The predicted molar refractivity (Wildman–Crippen MR) is 296 cm³/mol. The van der Waals surface area contributed by atoms with E-state index in [0.29, 0.717) is 17.5 Å². The van der Waals surface area contributed by atoms with Gasteiger partial charge in [0.2, 0.25) is 0 Å². The van der Waals surface area contributed by atoms with Crippen LogP contribution in [0.4, 0.5) is 0 Å². The van der Waals surface area contributed by atoms with Gasteiger partial charge in [-0.15, -0.1) is 0 Å². The lowest BCUT2D eigenvalue weighted by Crippen LogP contribution is -2.01. The molecule has 11 aromatic carbocycles. The van der Waals surface area contributed by atoms with E-state index in [4.69, 9.17) is 15.0 Å². The van der Waals surface area contributed by atoms with Crippen molar-refractivity contribution in [3.8, 4) is 101 Å². The predicted octanol–water partition coefficient (Wildman–Crippen LogP) is 17.2. The maximum absolute atomic E-state index is 5.45. The number of hydrogen-bond acceptors (Lipinski definition) is 5. The maximum atomic E-state index is 5.45. The molecule has 16 rings (SSSR count). The van der Waals surface area contributed by atoms with Gasteiger partial charge in [-0.05, 0) is 177 Å². The van der Waals surface area contributed by atoms with Crippen molar-refractivity contribution >= 4 is 64.9 Å². The number of fused-ring (bicyclic) bond motifs is 10. The summed E-state index contributed by atoms with van der Waals surface area (Å²) in [5.41, 5.74) is 19.4. The third-order valence-electron chi connectivity index (χ3n) is 15.2. The second-order valence-corrected chi connectivity index (χ2v) is 19.2. The Kier molecular flexibility index (Phi) is 8.10. The number of hydrogen-bond donors (Lipinski definition) is 0. The molecular formula is C67H37N5. The Morgan fingerprint density at radius 3 is 1.10 bits per heavy atom. The van der Waals surface area contributed by atoms with E-state index in [1.807, 2.05) is 24.5 Å². The van der Waals surface area contributed by atoms with Gasteiger partial charge in [0.15, 0.2) is 17.5 Å². The molecule has 5 nitrogen and oxygen atoms in total. The Bertz CT molecular complexity index is 4360. The standard InChI is InChI=1S/C67H37N5/c1-3-13-53-51(11-1)57-17-5-15-55-49(23-25-59(53)63(55)57)46-33-47(50-24-26-60-54-14-4-2-12-52(54)58-18-6-16-56(50)64(58)60)35-48(34-46)67-71-65(42-21-19-38-36-61-40(9-7-27-68-61)29-44(38)31-42)70-66(72-67)43-22-20-39-37-62-41(10-8-28-69-62)30-45(39)32-43/h1-37H. The molecule has 0 spiro atoms. The fourth-order valence-corrected chi connectivity index (χ4v) is 11.9. The van der Waals surface area contributed by atoms with Crippen LogP contribution in [-0.4, -0.2) is 24.9 Å². The van der Waals surface area contributed by atoms with Crippen LogP contribution in [0, 0.1) is 0 Å². The molecule has 0 amide bonds. The summed E-state index contributed by atoms with van der Waals surface area (Å²) in [6.45, 7) is 0. The molecular weight excluding hydrogens is 875 g/mol. The van der Waals surface area contributed by atoms with Crippen LogP contribution in [0.15, 0.2) is 225 Å². The Labute approximate surface area is 413 Å². The first kappa shape index (κ1) is 39.2. The molecule has 0 radical (unpaired) electrons. The maximum Gasteiger partial charge on any atom is 0.164 e. The zero-order valence-electron chi connectivity index (χ0n) is 38.6. The summed E-state index contributed by atoms with van der Waals surface area (Å²) in [4.78, 5) is 25.5. The summed E-state index contributed by atoms with van der Waals surface area (Å²) in [7, 11) is 0. The normalized spacial score (nSPS) is 12.2. The van der Waals surface area contributed by atoms with Gasteiger partial charge in [-0.25, -0.2) is 15.0 Å². The molecule has 0 fully saturated rings. The van der Waals surface area contributed by atoms with E-state index in [0.717, 1.165) is 82.3 Å². The molecule has 0 aliphatic heterocycles. The lowest BCUT2D eigenvalue weighted by Gasteiger charge is -2.16. The van der Waals surface area contributed by atoms with Gasteiger partial charge >= 0.3 is 0 Å². The van der Waals surface area contributed by atoms with E-state index in [1.54, 1.807) is 0 Å². The molecule has 0 N–H and O–H groups in total. The molecule has 0 saturated carbocycles. The number of nitrogens with zero attached hydrogens (tertiary/aromatic N) is 5. The minimum atomic E-state index is 0.598. The largest absolute Gasteiger partial charge is 0.256 e.